The number of carboxylic acids is 1. The third-order valence-electron chi connectivity index (χ3n) is 4.78. The summed E-state index contributed by atoms with van der Waals surface area (Å²) in [5.41, 5.74) is 3.63. The van der Waals surface area contributed by atoms with Crippen molar-refractivity contribution in [2.75, 3.05) is 19.6 Å². The fourth-order valence-corrected chi connectivity index (χ4v) is 3.49. The number of fused-ring (bicyclic) bond motifs is 1. The van der Waals surface area contributed by atoms with Gasteiger partial charge in [-0.25, -0.2) is 4.79 Å². The fourth-order valence-electron chi connectivity index (χ4n) is 3.49. The predicted octanol–water partition coefficient (Wildman–Crippen LogP) is 3.31. The molecule has 1 fully saturated rings. The van der Waals surface area contributed by atoms with Crippen molar-refractivity contribution in [3.05, 3.63) is 35.0 Å². The van der Waals surface area contributed by atoms with E-state index in [-0.39, 0.29) is 0 Å². The molecule has 0 spiro atoms. The number of hydrogen-bond acceptors (Lipinski definition) is 2. The second-order valence-corrected chi connectivity index (χ2v) is 6.23. The maximum absolute atomic E-state index is 11.4. The number of benzene rings is 1. The van der Waals surface area contributed by atoms with E-state index in [1.165, 1.54) is 36.9 Å². The largest absolute Gasteiger partial charge is 0.478 e. The van der Waals surface area contributed by atoms with Crippen molar-refractivity contribution in [2.45, 2.75) is 39.7 Å². The van der Waals surface area contributed by atoms with Crippen LogP contribution in [0.3, 0.4) is 0 Å². The molecule has 3 rings (SSSR count). The van der Waals surface area contributed by atoms with E-state index in [0.29, 0.717) is 5.56 Å². The van der Waals surface area contributed by atoms with Crippen molar-refractivity contribution >= 4 is 16.9 Å². The number of likely N-dealkylation sites (tertiary alicyclic amines) is 1. The van der Waals surface area contributed by atoms with Gasteiger partial charge in [0, 0.05) is 30.2 Å². The lowest BCUT2D eigenvalue weighted by Crippen LogP contribution is -2.21. The van der Waals surface area contributed by atoms with Gasteiger partial charge in [-0.1, -0.05) is 0 Å². The molecule has 1 aliphatic heterocycles. The highest BCUT2D eigenvalue weighted by Crippen LogP contribution is 2.26. The lowest BCUT2D eigenvalue weighted by atomic mass is 10.0. The van der Waals surface area contributed by atoms with E-state index < -0.39 is 5.97 Å². The summed E-state index contributed by atoms with van der Waals surface area (Å²) >= 11 is 0. The third-order valence-corrected chi connectivity index (χ3v) is 4.78. The summed E-state index contributed by atoms with van der Waals surface area (Å²) in [6, 6.07) is 3.88. The molecule has 22 heavy (non-hydrogen) atoms. The quantitative estimate of drug-likeness (QED) is 0.921. The van der Waals surface area contributed by atoms with E-state index in [1.54, 1.807) is 0 Å². The number of carboxylic acid groups (broad SMARTS) is 1. The second-order valence-electron chi connectivity index (χ2n) is 6.23. The molecule has 1 N–H and O–H groups in total. The smallest absolute Gasteiger partial charge is 0.336 e. The van der Waals surface area contributed by atoms with Gasteiger partial charge in [-0.3, -0.25) is 0 Å². The lowest BCUT2D eigenvalue weighted by molar-refractivity contribution is 0.0696. The average Bonchev–Trinajstić information content (AvgIpc) is 3.11. The Morgan fingerprint density at radius 3 is 2.64 bits per heavy atom. The summed E-state index contributed by atoms with van der Waals surface area (Å²) in [5, 5.41) is 10.5. The first kappa shape index (κ1) is 15.1. The number of hydrogen-bond donors (Lipinski definition) is 1. The van der Waals surface area contributed by atoms with Gasteiger partial charge in [0.15, 0.2) is 0 Å². The zero-order valence-corrected chi connectivity index (χ0v) is 13.4. The topological polar surface area (TPSA) is 45.5 Å². The Kier molecular flexibility index (Phi) is 4.21. The molecular formula is C18H24N2O2. The van der Waals surface area contributed by atoms with Crippen LogP contribution in [0.1, 0.15) is 41.3 Å². The van der Waals surface area contributed by atoms with Gasteiger partial charge >= 0.3 is 5.97 Å². The maximum atomic E-state index is 11.4. The van der Waals surface area contributed by atoms with Crippen molar-refractivity contribution in [2.24, 2.45) is 0 Å². The van der Waals surface area contributed by atoms with Gasteiger partial charge in [0.1, 0.15) is 0 Å². The average molecular weight is 300 g/mol. The van der Waals surface area contributed by atoms with Gasteiger partial charge in [-0.05, 0) is 69.5 Å². The number of nitrogens with zero attached hydrogens (tertiary/aromatic N) is 2. The molecule has 0 unspecified atom stereocenters. The zero-order chi connectivity index (χ0) is 15.7. The van der Waals surface area contributed by atoms with Gasteiger partial charge in [0.2, 0.25) is 0 Å². The van der Waals surface area contributed by atoms with Crippen LogP contribution in [0.5, 0.6) is 0 Å². The third kappa shape index (κ3) is 2.75. The van der Waals surface area contributed by atoms with Gasteiger partial charge in [0.25, 0.3) is 0 Å². The zero-order valence-electron chi connectivity index (χ0n) is 13.4. The summed E-state index contributed by atoms with van der Waals surface area (Å²) in [5.74, 6) is -0.845. The Hall–Kier alpha value is -1.81. The van der Waals surface area contributed by atoms with E-state index >= 15 is 0 Å². The van der Waals surface area contributed by atoms with Crippen molar-refractivity contribution in [1.29, 1.82) is 0 Å². The van der Waals surface area contributed by atoms with Gasteiger partial charge in [-0.15, -0.1) is 0 Å². The molecule has 2 aromatic rings. The highest BCUT2D eigenvalue weighted by atomic mass is 16.4. The van der Waals surface area contributed by atoms with Crippen molar-refractivity contribution in [1.82, 2.24) is 9.47 Å². The van der Waals surface area contributed by atoms with Crippen LogP contribution in [-0.4, -0.2) is 40.2 Å². The molecule has 0 bridgehead atoms. The number of carbonyl (C=O) groups is 1. The van der Waals surface area contributed by atoms with E-state index in [1.807, 2.05) is 19.1 Å². The van der Waals surface area contributed by atoms with E-state index in [4.69, 9.17) is 0 Å². The number of rotatable bonds is 5. The van der Waals surface area contributed by atoms with Crippen LogP contribution in [-0.2, 0) is 13.0 Å². The summed E-state index contributed by atoms with van der Waals surface area (Å²) in [4.78, 5) is 13.9. The van der Waals surface area contributed by atoms with Crippen LogP contribution < -0.4 is 0 Å². The highest BCUT2D eigenvalue weighted by Gasteiger charge is 2.16. The summed E-state index contributed by atoms with van der Waals surface area (Å²) < 4.78 is 2.17. The number of aromatic nitrogens is 1. The van der Waals surface area contributed by atoms with Crippen LogP contribution in [0, 0.1) is 6.92 Å². The molecule has 2 heterocycles. The lowest BCUT2D eigenvalue weighted by Gasteiger charge is -2.13. The molecule has 0 radical (unpaired) electrons. The SMILES string of the molecule is CCn1cc(CCN2CCCC2)c2cc(C)c(C(=O)O)cc21. The number of aromatic carboxylic acids is 1. The molecule has 4 nitrogen and oxygen atoms in total. The first-order valence-corrected chi connectivity index (χ1v) is 8.18. The fraction of sp³-hybridized carbons (Fsp3) is 0.500. The van der Waals surface area contributed by atoms with Crippen molar-refractivity contribution in [3.63, 3.8) is 0 Å². The minimum Gasteiger partial charge on any atom is -0.478 e. The molecule has 0 saturated carbocycles. The van der Waals surface area contributed by atoms with Crippen molar-refractivity contribution in [3.8, 4) is 0 Å². The van der Waals surface area contributed by atoms with Crippen LogP contribution in [0.25, 0.3) is 10.9 Å². The molecule has 1 saturated heterocycles. The van der Waals surface area contributed by atoms with Gasteiger partial charge < -0.3 is 14.6 Å². The Morgan fingerprint density at radius 2 is 2.00 bits per heavy atom. The Bertz CT molecular complexity index is 697. The van der Waals surface area contributed by atoms with E-state index in [0.717, 1.165) is 30.6 Å². The van der Waals surface area contributed by atoms with Crippen LogP contribution in [0.4, 0.5) is 0 Å². The first-order valence-electron chi connectivity index (χ1n) is 8.18. The minimum absolute atomic E-state index is 0.409. The monoisotopic (exact) mass is 300 g/mol. The standard InChI is InChI=1S/C18H24N2O2/c1-3-20-12-14(6-9-19-7-4-5-8-19)16-10-13(2)15(18(21)22)11-17(16)20/h10-12H,3-9H2,1-2H3,(H,21,22). The molecule has 1 aromatic carbocycles. The molecule has 0 amide bonds. The van der Waals surface area contributed by atoms with Gasteiger partial charge in [-0.2, -0.15) is 0 Å². The Morgan fingerprint density at radius 1 is 1.27 bits per heavy atom. The second kappa shape index (κ2) is 6.13. The molecule has 1 aliphatic rings. The highest BCUT2D eigenvalue weighted by molar-refractivity contribution is 5.96. The molecule has 0 aliphatic carbocycles. The molecule has 1 aromatic heterocycles. The first-order chi connectivity index (χ1) is 10.6. The molecule has 4 heteroatoms. The molecule has 118 valence electrons. The Labute approximate surface area is 131 Å². The van der Waals surface area contributed by atoms with Gasteiger partial charge in [0.05, 0.1) is 5.56 Å². The van der Waals surface area contributed by atoms with E-state index in [2.05, 4.69) is 22.6 Å². The van der Waals surface area contributed by atoms with Crippen molar-refractivity contribution < 1.29 is 9.90 Å². The minimum atomic E-state index is -0.845. The Balaban J connectivity index is 1.96. The number of aryl methyl sites for hydroxylation is 2. The summed E-state index contributed by atoms with van der Waals surface area (Å²) in [7, 11) is 0. The van der Waals surface area contributed by atoms with Crippen LogP contribution >= 0.6 is 0 Å². The summed E-state index contributed by atoms with van der Waals surface area (Å²) in [6.45, 7) is 8.38. The molecular weight excluding hydrogens is 276 g/mol. The summed E-state index contributed by atoms with van der Waals surface area (Å²) in [6.07, 6.45) is 5.87. The maximum Gasteiger partial charge on any atom is 0.336 e. The van der Waals surface area contributed by atoms with E-state index in [9.17, 15) is 9.90 Å². The van der Waals surface area contributed by atoms with Crippen LogP contribution in [0.2, 0.25) is 0 Å². The molecule has 0 atom stereocenters. The van der Waals surface area contributed by atoms with Crippen LogP contribution in [0.15, 0.2) is 18.3 Å². The normalized spacial score (nSPS) is 15.7. The predicted molar refractivity (Wildman–Crippen MR) is 88.7 cm³/mol.